The van der Waals surface area contributed by atoms with Gasteiger partial charge in [0.05, 0.1) is 62.3 Å². The van der Waals surface area contributed by atoms with E-state index in [1.807, 2.05) is 0 Å². The molecule has 3 unspecified atom stereocenters. The molecule has 7 rings (SSSR count). The number of nitrogens with one attached hydrogen (secondary N) is 1. The number of nitrogen functional groups attached to an aromatic ring is 2. The number of hydrogen-bond acceptors (Lipinski definition) is 17. The molecule has 23 nitrogen and oxygen atoms in total. The summed E-state index contributed by atoms with van der Waals surface area (Å²) >= 11 is 0. The minimum absolute atomic E-state index is 0.0507. The Bertz CT molecular complexity index is 2410. The number of benzene rings is 1. The largest absolute Gasteiger partial charge is 0.426 e. The summed E-state index contributed by atoms with van der Waals surface area (Å²) in [6.07, 6.45) is 11.1. The van der Waals surface area contributed by atoms with Crippen molar-refractivity contribution in [3.8, 4) is 40.1 Å². The van der Waals surface area contributed by atoms with Gasteiger partial charge < -0.3 is 21.1 Å². The van der Waals surface area contributed by atoms with Crippen molar-refractivity contribution in [1.82, 2.24) is 34.8 Å². The molecule has 1 aliphatic carbocycles. The zero-order chi connectivity index (χ0) is 41.9. The van der Waals surface area contributed by atoms with Crippen LogP contribution in [0.4, 0.5) is 33.5 Å². The Kier molecular flexibility index (Phi) is 12.9. The minimum atomic E-state index is -0.616. The van der Waals surface area contributed by atoms with Crippen molar-refractivity contribution in [1.29, 1.82) is 10.5 Å². The molecule has 1 saturated heterocycles. The van der Waals surface area contributed by atoms with Crippen LogP contribution in [0.25, 0.3) is 22.3 Å². The first kappa shape index (κ1) is 40.8. The number of hydrogen-bond donors (Lipinski definition) is 3. The monoisotopic (exact) mass is 792 g/mol. The van der Waals surface area contributed by atoms with Gasteiger partial charge in [0.1, 0.15) is 5.75 Å². The second-order valence-corrected chi connectivity index (χ2v) is 12.7. The first-order chi connectivity index (χ1) is 27.8. The highest BCUT2D eigenvalue weighted by molar-refractivity contribution is 5.82. The van der Waals surface area contributed by atoms with Crippen molar-refractivity contribution in [3.05, 3.63) is 104 Å². The number of nitro benzene ring substituents is 1. The van der Waals surface area contributed by atoms with E-state index in [2.05, 4.69) is 37.4 Å². The molecule has 1 amide bonds. The zero-order valence-electron chi connectivity index (χ0n) is 30.2. The van der Waals surface area contributed by atoms with Crippen LogP contribution < -0.4 is 16.2 Å². The standard InChI is InChI=1S/C14H13N7O3.C13H12N2O4.C8H7N5O2/c15-5-9-2-4-19(7-9)14(22)20-8-10(6-18-20)11-1-3-17-13(16)12(11)21(23)24;14-8-9-1-2-10(7-9)13(16)19-12-5-3-11(4-6-12)15(17)18;9-8-7(13(14)15)6(1-2-10-8)5-3-11-12-4-5/h1,3,6,8-9H,2,4,7H2,(H2,16,17);3-6,9-10H,1-2,7H2;1-4H,(H2,9,10)(H,11,12). The minimum Gasteiger partial charge on any atom is -0.426 e. The molecule has 1 saturated carbocycles. The third kappa shape index (κ3) is 9.66. The lowest BCUT2D eigenvalue weighted by atomic mass is 10.1. The number of H-pyrrole nitrogens is 1. The highest BCUT2D eigenvalue weighted by atomic mass is 16.6. The van der Waals surface area contributed by atoms with Crippen LogP contribution in [0.15, 0.2) is 73.6 Å². The smallest absolute Gasteiger partial charge is 0.344 e. The number of carbonyl (C=O) groups is 2. The Morgan fingerprint density at radius 1 is 0.828 bits per heavy atom. The summed E-state index contributed by atoms with van der Waals surface area (Å²) < 4.78 is 6.26. The molecule has 0 bridgehead atoms. The van der Waals surface area contributed by atoms with Gasteiger partial charge in [-0.25, -0.2) is 14.8 Å². The second kappa shape index (κ2) is 18.3. The number of aromatic nitrogens is 6. The van der Waals surface area contributed by atoms with E-state index < -0.39 is 14.8 Å². The number of nitriles is 2. The summed E-state index contributed by atoms with van der Waals surface area (Å²) in [5.41, 5.74) is 12.1. The zero-order valence-corrected chi connectivity index (χ0v) is 30.2. The number of nitro groups is 3. The van der Waals surface area contributed by atoms with Crippen LogP contribution in [-0.4, -0.2) is 74.7 Å². The molecule has 296 valence electrons. The van der Waals surface area contributed by atoms with E-state index >= 15 is 0 Å². The number of aromatic amines is 1. The van der Waals surface area contributed by atoms with Gasteiger partial charge in [0.15, 0.2) is 0 Å². The molecule has 0 radical (unpaired) electrons. The third-order valence-electron chi connectivity index (χ3n) is 9.02. The molecule has 23 heteroatoms. The predicted octanol–water partition coefficient (Wildman–Crippen LogP) is 4.65. The van der Waals surface area contributed by atoms with Crippen molar-refractivity contribution in [2.45, 2.75) is 25.7 Å². The number of non-ortho nitro benzene ring substituents is 1. The van der Waals surface area contributed by atoms with Crippen LogP contribution in [0.2, 0.25) is 0 Å². The van der Waals surface area contributed by atoms with Crippen molar-refractivity contribution in [2.75, 3.05) is 24.6 Å². The summed E-state index contributed by atoms with van der Waals surface area (Å²) in [4.78, 5) is 63.9. The van der Waals surface area contributed by atoms with Gasteiger partial charge in [0, 0.05) is 67.1 Å². The fraction of sp³-hybridized carbons (Fsp3) is 0.257. The highest BCUT2D eigenvalue weighted by Gasteiger charge is 2.32. The number of rotatable bonds is 7. The molecule has 0 spiro atoms. The van der Waals surface area contributed by atoms with Crippen molar-refractivity contribution in [3.63, 3.8) is 0 Å². The van der Waals surface area contributed by atoms with E-state index in [1.165, 1.54) is 72.3 Å². The molecule has 58 heavy (non-hydrogen) atoms. The highest BCUT2D eigenvalue weighted by Crippen LogP contribution is 2.34. The average molecular weight is 793 g/mol. The summed E-state index contributed by atoms with van der Waals surface area (Å²) in [6, 6.07) is 12.3. The first-order valence-electron chi connectivity index (χ1n) is 17.2. The number of pyridine rings is 2. The van der Waals surface area contributed by atoms with E-state index in [1.54, 1.807) is 6.20 Å². The van der Waals surface area contributed by atoms with E-state index in [0.717, 1.165) is 11.1 Å². The van der Waals surface area contributed by atoms with E-state index in [-0.39, 0.29) is 69.8 Å². The van der Waals surface area contributed by atoms with E-state index in [9.17, 15) is 39.9 Å². The van der Waals surface area contributed by atoms with Crippen LogP contribution in [0.3, 0.4) is 0 Å². The topological polar surface area (TPSA) is 348 Å². The van der Waals surface area contributed by atoms with Gasteiger partial charge in [-0.05, 0) is 49.9 Å². The molecule has 2 aliphatic rings. The molecular weight excluding hydrogens is 760 g/mol. The van der Waals surface area contributed by atoms with Gasteiger partial charge >= 0.3 is 23.4 Å². The number of esters is 1. The molecule has 5 heterocycles. The quantitative estimate of drug-likeness (QED) is 0.0873. The molecule has 4 aromatic heterocycles. The first-order valence-corrected chi connectivity index (χ1v) is 17.2. The van der Waals surface area contributed by atoms with Crippen LogP contribution in [-0.2, 0) is 4.79 Å². The molecular formula is C35H32N14O9. The molecule has 5 aromatic rings. The summed E-state index contributed by atoms with van der Waals surface area (Å²) in [6.45, 7) is 0.835. The van der Waals surface area contributed by atoms with Crippen molar-refractivity contribution in [2.24, 2.45) is 17.8 Å². The number of anilines is 2. The Balaban J connectivity index is 0.000000170. The second-order valence-electron chi connectivity index (χ2n) is 12.7. The van der Waals surface area contributed by atoms with Gasteiger partial charge in [0.25, 0.3) is 5.69 Å². The Labute approximate surface area is 326 Å². The maximum absolute atomic E-state index is 12.4. The van der Waals surface area contributed by atoms with Gasteiger partial charge in [-0.15, -0.1) is 0 Å². The predicted molar refractivity (Wildman–Crippen MR) is 201 cm³/mol. The summed E-state index contributed by atoms with van der Waals surface area (Å²) in [7, 11) is 0. The Morgan fingerprint density at radius 3 is 1.97 bits per heavy atom. The van der Waals surface area contributed by atoms with Crippen molar-refractivity contribution < 1.29 is 29.1 Å². The maximum atomic E-state index is 12.4. The fourth-order valence-corrected chi connectivity index (χ4v) is 6.09. The van der Waals surface area contributed by atoms with Gasteiger partial charge in [-0.3, -0.25) is 40.2 Å². The molecule has 2 fully saturated rings. The lowest BCUT2D eigenvalue weighted by Crippen LogP contribution is -2.32. The van der Waals surface area contributed by atoms with Crippen LogP contribution >= 0.6 is 0 Å². The lowest BCUT2D eigenvalue weighted by Gasteiger charge is -2.14. The Morgan fingerprint density at radius 2 is 1.45 bits per heavy atom. The van der Waals surface area contributed by atoms with E-state index in [0.29, 0.717) is 49.0 Å². The summed E-state index contributed by atoms with van der Waals surface area (Å²) in [5, 5.41) is 60.4. The number of nitrogens with zero attached hydrogens (tertiary/aromatic N) is 11. The van der Waals surface area contributed by atoms with Crippen LogP contribution in [0, 0.1) is 70.8 Å². The molecule has 1 aromatic carbocycles. The summed E-state index contributed by atoms with van der Waals surface area (Å²) in [5.74, 6) is -0.881. The number of carbonyl (C=O) groups excluding carboxylic acids is 2. The third-order valence-corrected chi connectivity index (χ3v) is 9.02. The normalized spacial score (nSPS) is 16.7. The van der Waals surface area contributed by atoms with Gasteiger partial charge in [-0.2, -0.15) is 25.4 Å². The van der Waals surface area contributed by atoms with Crippen LogP contribution in [0.5, 0.6) is 5.75 Å². The number of nitrogens with two attached hydrogens (primary N) is 2. The molecule has 3 atom stereocenters. The van der Waals surface area contributed by atoms with Crippen LogP contribution in [0.1, 0.15) is 25.7 Å². The average Bonchev–Trinajstić information content (AvgIpc) is 4.06. The number of ether oxygens (including phenoxy) is 1. The van der Waals surface area contributed by atoms with Gasteiger partial charge in [-0.1, -0.05) is 0 Å². The SMILES string of the molecule is N#CC1CCC(C(=O)Oc2ccc([N+](=O)[O-])cc2)C1.N#CC1CCN(C(=O)n2cc(-c3ccnc(N)c3[N+](=O)[O-])cn2)C1.Nc1nccc(-c2cn[nH]c2)c1[N+](=O)[O-]. The molecule has 5 N–H and O–H groups in total. The maximum Gasteiger partial charge on any atom is 0.344 e. The Hall–Kier alpha value is -8.34. The lowest BCUT2D eigenvalue weighted by molar-refractivity contribution is -0.384. The fourth-order valence-electron chi connectivity index (χ4n) is 6.09. The molecule has 1 aliphatic heterocycles. The van der Waals surface area contributed by atoms with E-state index in [4.69, 9.17) is 26.7 Å². The van der Waals surface area contributed by atoms with Gasteiger partial charge in [0.2, 0.25) is 11.6 Å². The number of amides is 1. The van der Waals surface area contributed by atoms with Crippen molar-refractivity contribution >= 4 is 40.7 Å². The number of likely N-dealkylation sites (tertiary alicyclic amines) is 1.